The Labute approximate surface area is 187 Å². The van der Waals surface area contributed by atoms with Crippen LogP contribution in [0.15, 0.2) is 24.3 Å². The molecule has 162 valence electrons. The van der Waals surface area contributed by atoms with Gasteiger partial charge >= 0.3 is 5.97 Å². The number of thiophene rings is 1. The number of hydrogen-bond acceptors (Lipinski definition) is 8. The van der Waals surface area contributed by atoms with E-state index >= 15 is 0 Å². The fourth-order valence-corrected chi connectivity index (χ4v) is 4.99. The number of carboxylic acids is 1. The summed E-state index contributed by atoms with van der Waals surface area (Å²) in [6.45, 7) is 2.19. The summed E-state index contributed by atoms with van der Waals surface area (Å²) in [7, 11) is 0. The van der Waals surface area contributed by atoms with E-state index in [1.165, 1.54) is 11.3 Å². The van der Waals surface area contributed by atoms with Gasteiger partial charge in [0.1, 0.15) is 10.6 Å². The summed E-state index contributed by atoms with van der Waals surface area (Å²) < 4.78 is 11.5. The molecule has 2 aliphatic heterocycles. The van der Waals surface area contributed by atoms with Gasteiger partial charge in [-0.25, -0.2) is 4.98 Å². The number of ether oxygens (including phenoxy) is 2. The molecular weight excluding hydrogens is 440 g/mol. The predicted molar refractivity (Wildman–Crippen MR) is 120 cm³/mol. The number of nitrogens with zero attached hydrogens (tertiary/aromatic N) is 3. The summed E-state index contributed by atoms with van der Waals surface area (Å²) in [4.78, 5) is 23.6. The van der Waals surface area contributed by atoms with Crippen LogP contribution in [-0.2, 0) is 11.2 Å². The number of benzene rings is 1. The number of aromatic nitrogens is 2. The highest BCUT2D eigenvalue weighted by Crippen LogP contribution is 2.35. The summed E-state index contributed by atoms with van der Waals surface area (Å²) in [5.41, 5.74) is 1.14. The van der Waals surface area contributed by atoms with Crippen LogP contribution in [-0.4, -0.2) is 47.5 Å². The van der Waals surface area contributed by atoms with Gasteiger partial charge in [0.2, 0.25) is 12.7 Å². The molecule has 1 fully saturated rings. The Morgan fingerprint density at radius 1 is 1.23 bits per heavy atom. The summed E-state index contributed by atoms with van der Waals surface area (Å²) >= 11 is 7.67. The zero-order chi connectivity index (χ0) is 21.4. The van der Waals surface area contributed by atoms with Crippen molar-refractivity contribution in [3.63, 3.8) is 0 Å². The van der Waals surface area contributed by atoms with Crippen molar-refractivity contribution in [1.29, 1.82) is 0 Å². The number of fused-ring (bicyclic) bond motifs is 2. The number of rotatable bonds is 6. The lowest BCUT2D eigenvalue weighted by Gasteiger charge is -2.30. The van der Waals surface area contributed by atoms with Crippen LogP contribution in [0.25, 0.3) is 10.2 Å². The lowest BCUT2D eigenvalue weighted by Crippen LogP contribution is -2.37. The molecule has 5 rings (SSSR count). The molecule has 2 aromatic heterocycles. The van der Waals surface area contributed by atoms with Gasteiger partial charge in [-0.1, -0.05) is 17.7 Å². The first-order valence-electron chi connectivity index (χ1n) is 10.1. The molecule has 1 saturated heterocycles. The van der Waals surface area contributed by atoms with E-state index in [-0.39, 0.29) is 12.7 Å². The van der Waals surface area contributed by atoms with Crippen molar-refractivity contribution in [1.82, 2.24) is 9.97 Å². The Hall–Kier alpha value is -2.78. The van der Waals surface area contributed by atoms with Crippen LogP contribution in [0.3, 0.4) is 0 Å². The van der Waals surface area contributed by atoms with E-state index in [0.717, 1.165) is 39.5 Å². The van der Waals surface area contributed by atoms with Crippen molar-refractivity contribution in [3.05, 3.63) is 34.2 Å². The number of carbonyl (C=O) groups is 1. The van der Waals surface area contributed by atoms with E-state index in [0.29, 0.717) is 42.8 Å². The normalized spacial score (nSPS) is 16.1. The standard InChI is InChI=1S/C21H21ClN4O4S/c22-17-10-14-18(23-6-3-12-1-2-15-16(9-12)30-11-29-15)24-21(25-19(14)31-17)26-7-4-13(5-8-26)20(27)28/h1-2,9-10,13H,3-8,11H2,(H,27,28)(H,23,24,25). The number of halogens is 1. The van der Waals surface area contributed by atoms with Crippen molar-refractivity contribution < 1.29 is 19.4 Å². The minimum Gasteiger partial charge on any atom is -0.481 e. The zero-order valence-electron chi connectivity index (χ0n) is 16.6. The number of anilines is 2. The van der Waals surface area contributed by atoms with E-state index in [9.17, 15) is 9.90 Å². The molecule has 0 spiro atoms. The molecule has 0 unspecified atom stereocenters. The maximum absolute atomic E-state index is 11.2. The lowest BCUT2D eigenvalue weighted by molar-refractivity contribution is -0.142. The third kappa shape index (κ3) is 4.20. The predicted octanol–water partition coefficient (Wildman–Crippen LogP) is 4.03. The maximum atomic E-state index is 11.2. The molecule has 3 aromatic rings. The number of carboxylic acid groups (broad SMARTS) is 1. The highest BCUT2D eigenvalue weighted by atomic mass is 35.5. The largest absolute Gasteiger partial charge is 0.481 e. The third-order valence-electron chi connectivity index (χ3n) is 5.62. The minimum absolute atomic E-state index is 0.265. The van der Waals surface area contributed by atoms with Crippen LogP contribution >= 0.6 is 22.9 Å². The van der Waals surface area contributed by atoms with E-state index in [1.807, 2.05) is 24.3 Å². The van der Waals surface area contributed by atoms with Crippen LogP contribution in [0.2, 0.25) is 4.34 Å². The monoisotopic (exact) mass is 460 g/mol. The topological polar surface area (TPSA) is 96.8 Å². The average molecular weight is 461 g/mol. The van der Waals surface area contributed by atoms with E-state index in [4.69, 9.17) is 26.1 Å². The Morgan fingerprint density at radius 3 is 2.84 bits per heavy atom. The van der Waals surface area contributed by atoms with Gasteiger partial charge in [-0.3, -0.25) is 4.79 Å². The molecule has 0 radical (unpaired) electrons. The van der Waals surface area contributed by atoms with Crippen LogP contribution in [0.5, 0.6) is 11.5 Å². The van der Waals surface area contributed by atoms with E-state index in [2.05, 4.69) is 15.2 Å². The zero-order valence-corrected chi connectivity index (χ0v) is 18.2. The SMILES string of the molecule is O=C(O)C1CCN(c2nc(NCCc3ccc4c(c3)OCO4)c3cc(Cl)sc3n2)CC1. The second-order valence-corrected chi connectivity index (χ2v) is 9.27. The third-order valence-corrected chi connectivity index (χ3v) is 6.78. The van der Waals surface area contributed by atoms with Crippen molar-refractivity contribution in [2.75, 3.05) is 36.6 Å². The fraction of sp³-hybridized carbons (Fsp3) is 0.381. The Morgan fingerprint density at radius 2 is 2.03 bits per heavy atom. The number of nitrogens with one attached hydrogen (secondary N) is 1. The fourth-order valence-electron chi connectivity index (χ4n) is 3.91. The number of piperidine rings is 1. The number of aliphatic carboxylic acids is 1. The second kappa shape index (κ2) is 8.39. The molecule has 8 nitrogen and oxygen atoms in total. The molecule has 10 heteroatoms. The average Bonchev–Trinajstić information content (AvgIpc) is 3.38. The summed E-state index contributed by atoms with van der Waals surface area (Å²) in [6, 6.07) is 7.84. The molecular formula is C21H21ClN4O4S. The minimum atomic E-state index is -0.730. The molecule has 4 heterocycles. The molecule has 0 saturated carbocycles. The number of hydrogen-bond donors (Lipinski definition) is 2. The molecule has 1 aromatic carbocycles. The van der Waals surface area contributed by atoms with Crippen LogP contribution < -0.4 is 19.7 Å². The molecule has 2 aliphatic rings. The smallest absolute Gasteiger partial charge is 0.306 e. The quantitative estimate of drug-likeness (QED) is 0.569. The Kier molecular flexibility index (Phi) is 5.45. The van der Waals surface area contributed by atoms with Crippen LogP contribution in [0.1, 0.15) is 18.4 Å². The van der Waals surface area contributed by atoms with Crippen LogP contribution in [0, 0.1) is 5.92 Å². The first-order chi connectivity index (χ1) is 15.1. The molecule has 31 heavy (non-hydrogen) atoms. The van der Waals surface area contributed by atoms with Crippen molar-refractivity contribution in [2.45, 2.75) is 19.3 Å². The molecule has 2 N–H and O–H groups in total. The second-order valence-electron chi connectivity index (χ2n) is 7.61. The Balaban J connectivity index is 1.32. The van der Waals surface area contributed by atoms with E-state index in [1.54, 1.807) is 0 Å². The first-order valence-corrected chi connectivity index (χ1v) is 11.3. The van der Waals surface area contributed by atoms with Gasteiger partial charge in [0, 0.05) is 19.6 Å². The molecule has 0 amide bonds. The summed E-state index contributed by atoms with van der Waals surface area (Å²) in [5, 5.41) is 13.6. The molecule has 0 aliphatic carbocycles. The van der Waals surface area contributed by atoms with Gasteiger partial charge in [0.05, 0.1) is 15.6 Å². The van der Waals surface area contributed by atoms with Gasteiger partial charge < -0.3 is 24.8 Å². The first kappa shape index (κ1) is 20.1. The van der Waals surface area contributed by atoms with Crippen LogP contribution in [0.4, 0.5) is 11.8 Å². The molecule has 0 bridgehead atoms. The highest BCUT2D eigenvalue weighted by molar-refractivity contribution is 7.22. The van der Waals surface area contributed by atoms with Gasteiger partial charge in [-0.2, -0.15) is 4.98 Å². The van der Waals surface area contributed by atoms with Crippen molar-refractivity contribution >= 4 is 50.9 Å². The van der Waals surface area contributed by atoms with Gasteiger partial charge in [0.25, 0.3) is 0 Å². The van der Waals surface area contributed by atoms with Gasteiger partial charge in [-0.15, -0.1) is 11.3 Å². The molecule has 0 atom stereocenters. The van der Waals surface area contributed by atoms with Crippen molar-refractivity contribution in [3.8, 4) is 11.5 Å². The van der Waals surface area contributed by atoms with E-state index < -0.39 is 5.97 Å². The summed E-state index contributed by atoms with van der Waals surface area (Å²) in [5.74, 6) is 1.88. The highest BCUT2D eigenvalue weighted by Gasteiger charge is 2.26. The lowest BCUT2D eigenvalue weighted by atomic mass is 9.97. The maximum Gasteiger partial charge on any atom is 0.306 e. The van der Waals surface area contributed by atoms with Gasteiger partial charge in [0.15, 0.2) is 11.5 Å². The Bertz CT molecular complexity index is 1130. The van der Waals surface area contributed by atoms with Crippen molar-refractivity contribution in [2.24, 2.45) is 5.92 Å². The van der Waals surface area contributed by atoms with Gasteiger partial charge in [-0.05, 0) is 43.0 Å². The summed E-state index contributed by atoms with van der Waals surface area (Å²) in [6.07, 6.45) is 1.98.